The molecule has 0 saturated carbocycles. The Balaban J connectivity index is 2.19. The molecule has 22 heavy (non-hydrogen) atoms. The Hall–Kier alpha value is -1.14. The Kier molecular flexibility index (Phi) is 3.82. The van der Waals surface area contributed by atoms with Gasteiger partial charge in [0.15, 0.2) is 0 Å². The van der Waals surface area contributed by atoms with Crippen molar-refractivity contribution < 1.29 is 0 Å². The zero-order valence-corrected chi connectivity index (χ0v) is 16.0. The van der Waals surface area contributed by atoms with Crippen LogP contribution in [0.25, 0.3) is 32.7 Å². The largest absolute Gasteiger partial charge is 0.0616 e. The van der Waals surface area contributed by atoms with E-state index >= 15 is 0 Å². The van der Waals surface area contributed by atoms with Crippen LogP contribution in [0.2, 0.25) is 0 Å². The molecule has 0 atom stereocenters. The molecule has 2 heteroatoms. The van der Waals surface area contributed by atoms with Crippen molar-refractivity contribution >= 4 is 66.7 Å². The number of rotatable bonds is 1. The third-order valence-electron chi connectivity index (χ3n) is 4.00. The number of hydrogen-bond acceptors (Lipinski definition) is 0. The lowest BCUT2D eigenvalue weighted by Gasteiger charge is -2.14. The summed E-state index contributed by atoms with van der Waals surface area (Å²) < 4.78 is 2.63. The molecule has 0 aromatic heterocycles. The highest BCUT2D eigenvalue weighted by molar-refractivity contribution is 14.1. The summed E-state index contributed by atoms with van der Waals surface area (Å²) in [5, 5.41) is 5.23. The van der Waals surface area contributed by atoms with Crippen LogP contribution in [-0.2, 0) is 0 Å². The molecule has 0 radical (unpaired) electrons. The molecule has 0 fully saturated rings. The molecule has 0 unspecified atom stereocenters. The van der Waals surface area contributed by atoms with Gasteiger partial charge >= 0.3 is 0 Å². The van der Waals surface area contributed by atoms with Crippen molar-refractivity contribution in [3.63, 3.8) is 0 Å². The fourth-order valence-corrected chi connectivity index (χ4v) is 4.34. The summed E-state index contributed by atoms with van der Waals surface area (Å²) in [5.41, 5.74) is 2.66. The number of benzene rings is 4. The predicted molar refractivity (Wildman–Crippen MR) is 112 cm³/mol. The van der Waals surface area contributed by atoms with Crippen LogP contribution >= 0.6 is 45.2 Å². The van der Waals surface area contributed by atoms with Crippen molar-refractivity contribution in [2.24, 2.45) is 0 Å². The number of fused-ring (bicyclic) bond motifs is 2. The van der Waals surface area contributed by atoms with E-state index < -0.39 is 0 Å². The lowest BCUT2D eigenvalue weighted by molar-refractivity contribution is 1.60. The van der Waals surface area contributed by atoms with E-state index in [1.54, 1.807) is 0 Å². The first kappa shape index (κ1) is 14.5. The molecule has 0 spiro atoms. The highest BCUT2D eigenvalue weighted by Crippen LogP contribution is 2.39. The molecule has 0 bridgehead atoms. The van der Waals surface area contributed by atoms with Gasteiger partial charge < -0.3 is 0 Å². The second-order valence-corrected chi connectivity index (χ2v) is 7.54. The molecule has 0 aliphatic carbocycles. The van der Waals surface area contributed by atoms with Gasteiger partial charge in [-0.25, -0.2) is 0 Å². The fourth-order valence-electron chi connectivity index (χ4n) is 2.99. The van der Waals surface area contributed by atoms with Crippen molar-refractivity contribution in [1.82, 2.24) is 0 Å². The molecule has 4 rings (SSSR count). The van der Waals surface area contributed by atoms with Gasteiger partial charge in [0.25, 0.3) is 0 Å². The minimum atomic E-state index is 1.29. The maximum atomic E-state index is 2.48. The van der Waals surface area contributed by atoms with Gasteiger partial charge in [0.05, 0.1) is 0 Å². The predicted octanol–water partition coefficient (Wildman–Crippen LogP) is 6.87. The van der Waals surface area contributed by atoms with Crippen LogP contribution in [0.3, 0.4) is 0 Å². The highest BCUT2D eigenvalue weighted by atomic mass is 127. The maximum Gasteiger partial charge on any atom is 0.0349 e. The van der Waals surface area contributed by atoms with Crippen LogP contribution in [0.1, 0.15) is 0 Å². The Morgan fingerprint density at radius 2 is 1.23 bits per heavy atom. The van der Waals surface area contributed by atoms with E-state index in [9.17, 15) is 0 Å². The number of halogens is 2. The summed E-state index contributed by atoms with van der Waals surface area (Å²) in [5.74, 6) is 0. The number of hydrogen-bond donors (Lipinski definition) is 0. The van der Waals surface area contributed by atoms with Crippen molar-refractivity contribution in [2.75, 3.05) is 0 Å². The Morgan fingerprint density at radius 3 is 2.05 bits per heavy atom. The summed E-state index contributed by atoms with van der Waals surface area (Å²) in [6.45, 7) is 0. The molecular weight excluding hydrogens is 494 g/mol. The molecule has 0 aliphatic rings. The summed E-state index contributed by atoms with van der Waals surface area (Å²) >= 11 is 4.92. The summed E-state index contributed by atoms with van der Waals surface area (Å²) in [4.78, 5) is 0. The van der Waals surface area contributed by atoms with Crippen LogP contribution in [0.5, 0.6) is 0 Å². The molecule has 106 valence electrons. The lowest BCUT2D eigenvalue weighted by atomic mass is 9.94. The minimum absolute atomic E-state index is 1.29. The second kappa shape index (κ2) is 5.81. The Morgan fingerprint density at radius 1 is 0.591 bits per heavy atom. The van der Waals surface area contributed by atoms with E-state index in [1.807, 2.05) is 0 Å². The molecule has 0 saturated heterocycles. The molecular formula is C20H12I2. The lowest BCUT2D eigenvalue weighted by Crippen LogP contribution is -1.91. The third-order valence-corrected chi connectivity index (χ3v) is 7.00. The average molecular weight is 506 g/mol. The van der Waals surface area contributed by atoms with Crippen LogP contribution in [0.4, 0.5) is 0 Å². The van der Waals surface area contributed by atoms with E-state index in [4.69, 9.17) is 0 Å². The second-order valence-electron chi connectivity index (χ2n) is 5.30. The quantitative estimate of drug-likeness (QED) is 0.248. The van der Waals surface area contributed by atoms with Crippen LogP contribution in [-0.4, -0.2) is 0 Å². The first-order valence-electron chi connectivity index (χ1n) is 7.10. The molecule has 4 aromatic carbocycles. The van der Waals surface area contributed by atoms with Gasteiger partial charge in [0.1, 0.15) is 0 Å². The fraction of sp³-hybridized carbons (Fsp3) is 0. The smallest absolute Gasteiger partial charge is 0.0349 e. The van der Waals surface area contributed by atoms with E-state index in [2.05, 4.69) is 118 Å². The topological polar surface area (TPSA) is 0 Å². The van der Waals surface area contributed by atoms with Crippen LogP contribution in [0, 0.1) is 7.14 Å². The monoisotopic (exact) mass is 506 g/mol. The van der Waals surface area contributed by atoms with Gasteiger partial charge in [-0.15, -0.1) is 0 Å². The summed E-state index contributed by atoms with van der Waals surface area (Å²) in [6, 6.07) is 26.1. The Bertz CT molecular complexity index is 998. The van der Waals surface area contributed by atoms with Gasteiger partial charge in [-0.05, 0) is 78.4 Å². The summed E-state index contributed by atoms with van der Waals surface area (Å²) in [6.07, 6.45) is 0. The zero-order chi connectivity index (χ0) is 15.1. The van der Waals surface area contributed by atoms with Gasteiger partial charge in [-0.3, -0.25) is 0 Å². The van der Waals surface area contributed by atoms with Crippen molar-refractivity contribution in [3.05, 3.63) is 79.9 Å². The minimum Gasteiger partial charge on any atom is -0.0616 e. The first-order chi connectivity index (χ1) is 10.8. The van der Waals surface area contributed by atoms with Crippen molar-refractivity contribution in [1.29, 1.82) is 0 Å². The van der Waals surface area contributed by atoms with E-state index in [0.717, 1.165) is 0 Å². The van der Waals surface area contributed by atoms with Crippen molar-refractivity contribution in [2.45, 2.75) is 0 Å². The van der Waals surface area contributed by atoms with Crippen molar-refractivity contribution in [3.8, 4) is 11.1 Å². The first-order valence-corrected chi connectivity index (χ1v) is 9.26. The molecule has 0 aliphatic heterocycles. The SMILES string of the molecule is Ic1cc2ccccc2c(-c2cccc3ccccc23)c1I. The van der Waals surface area contributed by atoms with E-state index in [1.165, 1.54) is 39.8 Å². The Labute approximate surface area is 156 Å². The van der Waals surface area contributed by atoms with Gasteiger partial charge in [-0.2, -0.15) is 0 Å². The van der Waals surface area contributed by atoms with Gasteiger partial charge in [-0.1, -0.05) is 66.7 Å². The van der Waals surface area contributed by atoms with Crippen LogP contribution < -0.4 is 0 Å². The average Bonchev–Trinajstić information content (AvgIpc) is 2.56. The normalized spacial score (nSPS) is 11.2. The van der Waals surface area contributed by atoms with E-state index in [-0.39, 0.29) is 0 Å². The van der Waals surface area contributed by atoms with Crippen LogP contribution in [0.15, 0.2) is 72.8 Å². The molecule has 0 nitrogen and oxygen atoms in total. The van der Waals surface area contributed by atoms with Gasteiger partial charge in [0.2, 0.25) is 0 Å². The van der Waals surface area contributed by atoms with Gasteiger partial charge in [0, 0.05) is 12.7 Å². The highest BCUT2D eigenvalue weighted by Gasteiger charge is 2.13. The third kappa shape index (κ3) is 2.33. The standard InChI is InChI=1S/C20H12I2/c21-18-12-14-7-2-4-10-16(14)19(20(18)22)17-11-5-8-13-6-1-3-9-15(13)17/h1-12H. The zero-order valence-electron chi connectivity index (χ0n) is 11.7. The molecule has 4 aromatic rings. The molecule has 0 heterocycles. The van der Waals surface area contributed by atoms with E-state index in [0.29, 0.717) is 0 Å². The molecule has 0 amide bonds. The maximum absolute atomic E-state index is 2.48. The summed E-state index contributed by atoms with van der Waals surface area (Å²) in [7, 11) is 0. The molecule has 0 N–H and O–H groups in total.